The Hall–Kier alpha value is -1.36. The summed E-state index contributed by atoms with van der Waals surface area (Å²) in [5.41, 5.74) is 1.07. The van der Waals surface area contributed by atoms with Crippen LogP contribution < -0.4 is 5.32 Å². The lowest BCUT2D eigenvalue weighted by Gasteiger charge is -2.22. The normalized spacial score (nSPS) is 22.1. The second kappa shape index (κ2) is 6.60. The molecule has 1 fully saturated rings. The summed E-state index contributed by atoms with van der Waals surface area (Å²) < 4.78 is 23.0. The number of hydrogen-bond donors (Lipinski definition) is 1. The number of rotatable bonds is 5. The lowest BCUT2D eigenvalue weighted by Crippen LogP contribution is -2.35. The topological polar surface area (TPSA) is 63.2 Å². The van der Waals surface area contributed by atoms with Crippen molar-refractivity contribution in [3.63, 3.8) is 0 Å². The average molecular weight is 309 g/mol. The first-order chi connectivity index (χ1) is 9.87. The Balaban J connectivity index is 2.07. The molecule has 0 aliphatic carbocycles. The third-order valence-corrected chi connectivity index (χ3v) is 5.60. The highest BCUT2D eigenvalue weighted by molar-refractivity contribution is 7.91. The lowest BCUT2D eigenvalue weighted by atomic mass is 9.96. The molecule has 1 amide bonds. The summed E-state index contributed by atoms with van der Waals surface area (Å²) in [6, 6.07) is 9.80. The van der Waals surface area contributed by atoms with Gasteiger partial charge in [0.15, 0.2) is 9.84 Å². The predicted octanol–water partition coefficient (Wildman–Crippen LogP) is 2.32. The van der Waals surface area contributed by atoms with Crippen molar-refractivity contribution in [2.24, 2.45) is 11.8 Å². The maximum atomic E-state index is 12.3. The van der Waals surface area contributed by atoms with Crippen LogP contribution in [0.4, 0.5) is 0 Å². The zero-order valence-corrected chi connectivity index (χ0v) is 13.4. The van der Waals surface area contributed by atoms with Crippen molar-refractivity contribution in [1.82, 2.24) is 5.32 Å². The van der Waals surface area contributed by atoms with Crippen LogP contribution in [0.5, 0.6) is 0 Å². The standard InChI is InChI=1S/C16H23NO3S/c1-12(2)10-15(13-6-4-3-5-7-13)17-16(18)14-8-9-21(19,20)11-14/h3-7,12,14-15H,8-11H2,1-2H3,(H,17,18)/t14-,15+/m1/s1. The minimum atomic E-state index is -3.02. The number of carbonyl (C=O) groups excluding carboxylic acids is 1. The van der Waals surface area contributed by atoms with Crippen molar-refractivity contribution in [3.05, 3.63) is 35.9 Å². The molecule has 1 N–H and O–H groups in total. The minimum Gasteiger partial charge on any atom is -0.349 e. The van der Waals surface area contributed by atoms with Crippen LogP contribution in [0.3, 0.4) is 0 Å². The van der Waals surface area contributed by atoms with E-state index in [0.29, 0.717) is 12.3 Å². The van der Waals surface area contributed by atoms with E-state index in [9.17, 15) is 13.2 Å². The van der Waals surface area contributed by atoms with Crippen LogP contribution in [0.15, 0.2) is 30.3 Å². The van der Waals surface area contributed by atoms with E-state index in [1.54, 1.807) is 0 Å². The highest BCUT2D eigenvalue weighted by Gasteiger charge is 2.33. The van der Waals surface area contributed by atoms with Gasteiger partial charge in [0.1, 0.15) is 0 Å². The molecule has 116 valence electrons. The molecule has 0 saturated carbocycles. The Labute approximate surface area is 126 Å². The van der Waals surface area contributed by atoms with Crippen LogP contribution in [0.1, 0.15) is 38.3 Å². The summed E-state index contributed by atoms with van der Waals surface area (Å²) in [5, 5.41) is 3.04. The Bertz CT molecular complexity index is 581. The van der Waals surface area contributed by atoms with Gasteiger partial charge in [0.05, 0.1) is 23.5 Å². The molecule has 5 heteroatoms. The lowest BCUT2D eigenvalue weighted by molar-refractivity contribution is -0.125. The van der Waals surface area contributed by atoms with Crippen LogP contribution in [0.25, 0.3) is 0 Å². The molecule has 0 spiro atoms. The van der Waals surface area contributed by atoms with Gasteiger partial charge in [-0.3, -0.25) is 4.79 Å². The quantitative estimate of drug-likeness (QED) is 0.908. The van der Waals surface area contributed by atoms with Gasteiger partial charge in [-0.1, -0.05) is 44.2 Å². The summed E-state index contributed by atoms with van der Waals surface area (Å²) in [6.45, 7) is 4.23. The van der Waals surface area contributed by atoms with Gasteiger partial charge in [0.2, 0.25) is 5.91 Å². The van der Waals surface area contributed by atoms with E-state index in [2.05, 4.69) is 19.2 Å². The van der Waals surface area contributed by atoms with Crippen LogP contribution >= 0.6 is 0 Å². The number of carbonyl (C=O) groups is 1. The molecule has 1 heterocycles. The molecule has 4 nitrogen and oxygen atoms in total. The molecule has 0 radical (unpaired) electrons. The van der Waals surface area contributed by atoms with Gasteiger partial charge < -0.3 is 5.32 Å². The van der Waals surface area contributed by atoms with Crippen molar-refractivity contribution >= 4 is 15.7 Å². The molecule has 1 aliphatic heterocycles. The molecule has 1 saturated heterocycles. The van der Waals surface area contributed by atoms with E-state index in [1.165, 1.54) is 0 Å². The summed E-state index contributed by atoms with van der Waals surface area (Å²) in [4.78, 5) is 12.3. The molecular formula is C16H23NO3S. The SMILES string of the molecule is CC(C)C[C@H](NC(=O)[C@@H]1CCS(=O)(=O)C1)c1ccccc1. The molecule has 1 aromatic rings. The summed E-state index contributed by atoms with van der Waals surface area (Å²) >= 11 is 0. The van der Waals surface area contributed by atoms with E-state index in [1.807, 2.05) is 30.3 Å². The van der Waals surface area contributed by atoms with Crippen molar-refractivity contribution in [2.45, 2.75) is 32.7 Å². The summed E-state index contributed by atoms with van der Waals surface area (Å²) in [5.74, 6) is 0.0367. The number of nitrogens with one attached hydrogen (secondary N) is 1. The zero-order valence-electron chi connectivity index (χ0n) is 12.6. The second-order valence-corrected chi connectivity index (χ2v) is 8.43. The molecule has 1 aromatic carbocycles. The fourth-order valence-electron chi connectivity index (χ4n) is 2.73. The average Bonchev–Trinajstić information content (AvgIpc) is 2.79. The van der Waals surface area contributed by atoms with Gasteiger partial charge in [0.25, 0.3) is 0 Å². The highest BCUT2D eigenvalue weighted by atomic mass is 32.2. The number of benzene rings is 1. The molecule has 0 aromatic heterocycles. The highest BCUT2D eigenvalue weighted by Crippen LogP contribution is 2.24. The molecule has 1 aliphatic rings. The zero-order chi connectivity index (χ0) is 15.5. The van der Waals surface area contributed by atoms with E-state index in [-0.39, 0.29) is 23.5 Å². The van der Waals surface area contributed by atoms with Gasteiger partial charge in [-0.25, -0.2) is 8.42 Å². The Morgan fingerprint density at radius 2 is 1.95 bits per heavy atom. The minimum absolute atomic E-state index is 0.0119. The Morgan fingerprint density at radius 3 is 2.48 bits per heavy atom. The Kier molecular flexibility index (Phi) is 5.04. The monoisotopic (exact) mass is 309 g/mol. The maximum Gasteiger partial charge on any atom is 0.224 e. The van der Waals surface area contributed by atoms with Gasteiger partial charge in [0, 0.05) is 0 Å². The first-order valence-electron chi connectivity index (χ1n) is 7.43. The fourth-order valence-corrected chi connectivity index (χ4v) is 4.47. The van der Waals surface area contributed by atoms with Gasteiger partial charge in [-0.2, -0.15) is 0 Å². The van der Waals surface area contributed by atoms with Gasteiger partial charge >= 0.3 is 0 Å². The van der Waals surface area contributed by atoms with E-state index in [0.717, 1.165) is 12.0 Å². The van der Waals surface area contributed by atoms with Gasteiger partial charge in [-0.15, -0.1) is 0 Å². The van der Waals surface area contributed by atoms with Crippen LogP contribution in [0.2, 0.25) is 0 Å². The van der Waals surface area contributed by atoms with E-state index < -0.39 is 15.8 Å². The van der Waals surface area contributed by atoms with Crippen LogP contribution in [-0.4, -0.2) is 25.8 Å². The molecular weight excluding hydrogens is 286 g/mol. The predicted molar refractivity (Wildman–Crippen MR) is 83.5 cm³/mol. The van der Waals surface area contributed by atoms with E-state index >= 15 is 0 Å². The van der Waals surface area contributed by atoms with E-state index in [4.69, 9.17) is 0 Å². The smallest absolute Gasteiger partial charge is 0.224 e. The van der Waals surface area contributed by atoms with Crippen molar-refractivity contribution in [1.29, 1.82) is 0 Å². The van der Waals surface area contributed by atoms with Crippen molar-refractivity contribution in [2.75, 3.05) is 11.5 Å². The number of hydrogen-bond acceptors (Lipinski definition) is 3. The van der Waals surface area contributed by atoms with Crippen LogP contribution in [-0.2, 0) is 14.6 Å². The molecule has 0 unspecified atom stereocenters. The third kappa shape index (κ3) is 4.56. The van der Waals surface area contributed by atoms with Gasteiger partial charge in [-0.05, 0) is 24.3 Å². The molecule has 2 rings (SSSR count). The first kappa shape index (κ1) is 16.0. The molecule has 21 heavy (non-hydrogen) atoms. The van der Waals surface area contributed by atoms with Crippen LogP contribution in [0, 0.1) is 11.8 Å². The fraction of sp³-hybridized carbons (Fsp3) is 0.562. The largest absolute Gasteiger partial charge is 0.349 e. The second-order valence-electron chi connectivity index (χ2n) is 6.20. The maximum absolute atomic E-state index is 12.3. The first-order valence-corrected chi connectivity index (χ1v) is 9.25. The summed E-state index contributed by atoms with van der Waals surface area (Å²) in [7, 11) is -3.02. The number of amides is 1. The molecule has 0 bridgehead atoms. The number of sulfone groups is 1. The molecule has 2 atom stereocenters. The Morgan fingerprint density at radius 1 is 1.29 bits per heavy atom. The van der Waals surface area contributed by atoms with Crippen molar-refractivity contribution < 1.29 is 13.2 Å². The third-order valence-electron chi connectivity index (χ3n) is 3.83. The summed E-state index contributed by atoms with van der Waals surface area (Å²) in [6.07, 6.45) is 1.28. The van der Waals surface area contributed by atoms with Crippen molar-refractivity contribution in [3.8, 4) is 0 Å².